The lowest BCUT2D eigenvalue weighted by Crippen LogP contribution is -2.06. The van der Waals surface area contributed by atoms with Gasteiger partial charge < -0.3 is 4.74 Å². The molecule has 0 unspecified atom stereocenters. The van der Waals surface area contributed by atoms with Gasteiger partial charge in [0.05, 0.1) is 12.8 Å². The minimum Gasteiger partial charge on any atom is -0.493 e. The Kier molecular flexibility index (Phi) is 6.13. The average molecular weight is 384 g/mol. The lowest BCUT2D eigenvalue weighted by Gasteiger charge is -2.10. The molecule has 1 aromatic heterocycles. The zero-order valence-corrected chi connectivity index (χ0v) is 16.0. The van der Waals surface area contributed by atoms with Gasteiger partial charge in [0.25, 0.3) is 0 Å². The van der Waals surface area contributed by atoms with E-state index >= 15 is 0 Å². The molecule has 2 aromatic carbocycles. The first kappa shape index (κ1) is 19.0. The molecule has 0 aliphatic carbocycles. The molecule has 3 aromatic rings. The summed E-state index contributed by atoms with van der Waals surface area (Å²) in [5.41, 5.74) is 1.77. The zero-order chi connectivity index (χ0) is 19.2. The van der Waals surface area contributed by atoms with Gasteiger partial charge in [0.15, 0.2) is 5.82 Å². The maximum absolute atomic E-state index is 13.1. The van der Waals surface area contributed by atoms with Crippen LogP contribution >= 0.6 is 12.2 Å². The van der Waals surface area contributed by atoms with Crippen molar-refractivity contribution < 1.29 is 9.13 Å². The van der Waals surface area contributed by atoms with Crippen LogP contribution in [0, 0.1) is 16.5 Å². The summed E-state index contributed by atoms with van der Waals surface area (Å²) < 4.78 is 20.9. The predicted molar refractivity (Wildman–Crippen MR) is 106 cm³/mol. The van der Waals surface area contributed by atoms with Crippen LogP contribution < -0.4 is 4.74 Å². The number of nitrogens with one attached hydrogen (secondary N) is 1. The van der Waals surface area contributed by atoms with Gasteiger partial charge in [-0.15, -0.1) is 0 Å². The molecular formula is C20H21FN4OS. The normalized spacial score (nSPS) is 11.4. The van der Waals surface area contributed by atoms with E-state index in [4.69, 9.17) is 17.0 Å². The second-order valence-electron chi connectivity index (χ2n) is 6.55. The van der Waals surface area contributed by atoms with E-state index in [1.165, 1.54) is 12.1 Å². The highest BCUT2D eigenvalue weighted by Crippen LogP contribution is 2.17. The van der Waals surface area contributed by atoms with Gasteiger partial charge in [0.2, 0.25) is 4.77 Å². The Morgan fingerprint density at radius 3 is 2.70 bits per heavy atom. The van der Waals surface area contributed by atoms with E-state index in [-0.39, 0.29) is 5.82 Å². The average Bonchev–Trinajstić information content (AvgIpc) is 3.00. The largest absolute Gasteiger partial charge is 0.493 e. The summed E-state index contributed by atoms with van der Waals surface area (Å²) in [6, 6.07) is 14.0. The quantitative estimate of drug-likeness (QED) is 0.479. The van der Waals surface area contributed by atoms with Gasteiger partial charge in [-0.25, -0.2) is 4.39 Å². The Morgan fingerprint density at radius 2 is 1.96 bits per heavy atom. The molecule has 0 saturated heterocycles. The summed E-state index contributed by atoms with van der Waals surface area (Å²) in [5, 5.41) is 11.5. The lowest BCUT2D eigenvalue weighted by atomic mass is 10.1. The van der Waals surface area contributed by atoms with Crippen molar-refractivity contribution in [2.24, 2.45) is 11.0 Å². The molecule has 7 heteroatoms. The second-order valence-corrected chi connectivity index (χ2v) is 6.93. The molecule has 0 atom stereocenters. The Bertz CT molecular complexity index is 976. The summed E-state index contributed by atoms with van der Waals surface area (Å²) in [7, 11) is 0. The minimum absolute atomic E-state index is 0.270. The summed E-state index contributed by atoms with van der Waals surface area (Å²) in [5.74, 6) is 1.57. The van der Waals surface area contributed by atoms with Crippen molar-refractivity contribution in [1.82, 2.24) is 14.9 Å². The predicted octanol–water partition coefficient (Wildman–Crippen LogP) is 4.59. The third-order valence-corrected chi connectivity index (χ3v) is 4.06. The molecule has 1 heterocycles. The zero-order valence-electron chi connectivity index (χ0n) is 15.2. The van der Waals surface area contributed by atoms with Crippen LogP contribution in [0.1, 0.15) is 30.8 Å². The fraction of sp³-hybridized carbons (Fsp3) is 0.250. The SMILES string of the molecule is CC(C)COc1ccccc1/C=N\n1c(Cc2ccc(F)cc2)n[nH]c1=S. The van der Waals surface area contributed by atoms with Crippen molar-refractivity contribution in [3.8, 4) is 5.75 Å². The van der Waals surface area contributed by atoms with Gasteiger partial charge in [-0.2, -0.15) is 14.9 Å². The Labute approximate surface area is 162 Å². The van der Waals surface area contributed by atoms with Gasteiger partial charge in [-0.1, -0.05) is 38.1 Å². The van der Waals surface area contributed by atoms with Crippen LogP contribution in [-0.2, 0) is 6.42 Å². The Morgan fingerprint density at radius 1 is 1.22 bits per heavy atom. The number of hydrogen-bond acceptors (Lipinski definition) is 4. The minimum atomic E-state index is -0.270. The molecule has 0 aliphatic heterocycles. The number of ether oxygens (including phenoxy) is 1. The topological polar surface area (TPSA) is 55.2 Å². The first-order chi connectivity index (χ1) is 13.0. The second kappa shape index (κ2) is 8.73. The van der Waals surface area contributed by atoms with Crippen molar-refractivity contribution in [1.29, 1.82) is 0 Å². The number of aromatic amines is 1. The fourth-order valence-electron chi connectivity index (χ4n) is 2.44. The highest BCUT2D eigenvalue weighted by Gasteiger charge is 2.08. The number of aromatic nitrogens is 3. The van der Waals surface area contributed by atoms with Crippen molar-refractivity contribution >= 4 is 18.4 Å². The number of rotatable bonds is 7. The standard InChI is InChI=1S/C20H21FN4OS/c1-14(2)13-26-18-6-4-3-5-16(18)12-22-25-19(23-24-20(25)27)11-15-7-9-17(21)10-8-15/h3-10,12,14H,11,13H2,1-2H3,(H,24,27)/b22-12-. The van der Waals surface area contributed by atoms with E-state index in [0.717, 1.165) is 16.9 Å². The fourth-order valence-corrected chi connectivity index (χ4v) is 2.64. The van der Waals surface area contributed by atoms with Crippen LogP contribution in [0.15, 0.2) is 53.6 Å². The van der Waals surface area contributed by atoms with Crippen molar-refractivity contribution in [3.05, 3.63) is 76.1 Å². The summed E-state index contributed by atoms with van der Waals surface area (Å²) >= 11 is 5.28. The van der Waals surface area contributed by atoms with E-state index in [9.17, 15) is 4.39 Å². The van der Waals surface area contributed by atoms with Gasteiger partial charge in [0, 0.05) is 12.0 Å². The smallest absolute Gasteiger partial charge is 0.216 e. The van der Waals surface area contributed by atoms with E-state index in [1.807, 2.05) is 24.3 Å². The summed E-state index contributed by atoms with van der Waals surface area (Å²) in [6.45, 7) is 4.83. The Hall–Kier alpha value is -2.80. The summed E-state index contributed by atoms with van der Waals surface area (Å²) in [4.78, 5) is 0. The van der Waals surface area contributed by atoms with Gasteiger partial charge >= 0.3 is 0 Å². The molecule has 0 bridgehead atoms. The van der Waals surface area contributed by atoms with Crippen LogP contribution in [0.4, 0.5) is 4.39 Å². The number of nitrogens with zero attached hydrogens (tertiary/aromatic N) is 3. The number of hydrogen-bond donors (Lipinski definition) is 1. The van der Waals surface area contributed by atoms with Crippen molar-refractivity contribution in [2.75, 3.05) is 6.61 Å². The van der Waals surface area contributed by atoms with Crippen molar-refractivity contribution in [3.63, 3.8) is 0 Å². The van der Waals surface area contributed by atoms with Crippen LogP contribution in [0.3, 0.4) is 0 Å². The van der Waals surface area contributed by atoms with Gasteiger partial charge in [-0.05, 0) is 48.0 Å². The molecular weight excluding hydrogens is 363 g/mol. The highest BCUT2D eigenvalue weighted by molar-refractivity contribution is 7.71. The van der Waals surface area contributed by atoms with E-state index in [1.54, 1.807) is 23.0 Å². The molecule has 0 amide bonds. The van der Waals surface area contributed by atoms with Crippen molar-refractivity contribution in [2.45, 2.75) is 20.3 Å². The molecule has 0 spiro atoms. The first-order valence-electron chi connectivity index (χ1n) is 8.70. The van der Waals surface area contributed by atoms with Crippen LogP contribution in [0.5, 0.6) is 5.75 Å². The number of H-pyrrole nitrogens is 1. The van der Waals surface area contributed by atoms with E-state index in [2.05, 4.69) is 29.1 Å². The van der Waals surface area contributed by atoms with E-state index < -0.39 is 0 Å². The number of benzene rings is 2. The maximum atomic E-state index is 13.1. The molecule has 1 N–H and O–H groups in total. The van der Waals surface area contributed by atoms with Crippen LogP contribution in [0.25, 0.3) is 0 Å². The number of para-hydroxylation sites is 1. The van der Waals surface area contributed by atoms with E-state index in [0.29, 0.717) is 29.5 Å². The lowest BCUT2D eigenvalue weighted by molar-refractivity contribution is 0.270. The third kappa shape index (κ3) is 5.10. The molecule has 5 nitrogen and oxygen atoms in total. The summed E-state index contributed by atoms with van der Waals surface area (Å²) in [6.07, 6.45) is 2.19. The van der Waals surface area contributed by atoms with Gasteiger partial charge in [0.1, 0.15) is 11.6 Å². The van der Waals surface area contributed by atoms with Crippen LogP contribution in [-0.4, -0.2) is 27.7 Å². The first-order valence-corrected chi connectivity index (χ1v) is 9.10. The monoisotopic (exact) mass is 384 g/mol. The third-order valence-electron chi connectivity index (χ3n) is 3.80. The highest BCUT2D eigenvalue weighted by atomic mass is 32.1. The maximum Gasteiger partial charge on any atom is 0.216 e. The Balaban J connectivity index is 1.83. The molecule has 3 rings (SSSR count). The molecule has 0 radical (unpaired) electrons. The molecule has 0 saturated carbocycles. The van der Waals surface area contributed by atoms with Crippen LogP contribution in [0.2, 0.25) is 0 Å². The van der Waals surface area contributed by atoms with Gasteiger partial charge in [-0.3, -0.25) is 5.10 Å². The number of halogens is 1. The molecule has 0 aliphatic rings. The molecule has 27 heavy (non-hydrogen) atoms. The molecule has 140 valence electrons. The molecule has 0 fully saturated rings.